The summed E-state index contributed by atoms with van der Waals surface area (Å²) in [7, 11) is 0. The lowest BCUT2D eigenvalue weighted by molar-refractivity contribution is 0.449. The molecular weight excluding hydrogens is 212 g/mol. The summed E-state index contributed by atoms with van der Waals surface area (Å²) in [6.45, 7) is 1.76. The van der Waals surface area contributed by atoms with Crippen LogP contribution in [0, 0.1) is 0 Å². The maximum absolute atomic E-state index is 12.0. The molecule has 15 heavy (non-hydrogen) atoms. The van der Waals surface area contributed by atoms with Gasteiger partial charge >= 0.3 is 0 Å². The molecule has 1 fully saturated rings. The third kappa shape index (κ3) is 1.37. The Morgan fingerprint density at radius 3 is 3.33 bits per heavy atom. The maximum Gasteiger partial charge on any atom is 0.288 e. The second-order valence-electron chi connectivity index (χ2n) is 3.62. The van der Waals surface area contributed by atoms with Crippen molar-refractivity contribution in [1.82, 2.24) is 20.3 Å². The van der Waals surface area contributed by atoms with Gasteiger partial charge in [0.25, 0.3) is 5.56 Å². The minimum atomic E-state index is -0.0105. The molecule has 1 aliphatic rings. The van der Waals surface area contributed by atoms with Gasteiger partial charge < -0.3 is 5.32 Å². The summed E-state index contributed by atoms with van der Waals surface area (Å²) >= 11 is 1.43. The van der Waals surface area contributed by atoms with Crippen LogP contribution in [-0.4, -0.2) is 28.1 Å². The van der Waals surface area contributed by atoms with E-state index < -0.39 is 0 Å². The zero-order valence-corrected chi connectivity index (χ0v) is 8.83. The first-order chi connectivity index (χ1) is 7.36. The van der Waals surface area contributed by atoms with Gasteiger partial charge in [0, 0.05) is 6.54 Å². The molecule has 78 valence electrons. The fourth-order valence-corrected chi connectivity index (χ4v) is 2.63. The van der Waals surface area contributed by atoms with Crippen LogP contribution < -0.4 is 10.9 Å². The van der Waals surface area contributed by atoms with E-state index in [2.05, 4.69) is 15.6 Å². The Morgan fingerprint density at radius 2 is 2.53 bits per heavy atom. The van der Waals surface area contributed by atoms with Crippen LogP contribution in [0.2, 0.25) is 0 Å². The van der Waals surface area contributed by atoms with Crippen molar-refractivity contribution in [3.63, 3.8) is 0 Å². The fourth-order valence-electron chi connectivity index (χ4n) is 1.87. The molecule has 3 rings (SSSR count). The van der Waals surface area contributed by atoms with E-state index in [-0.39, 0.29) is 11.6 Å². The predicted octanol–water partition coefficient (Wildman–Crippen LogP) is 0.387. The number of nitrogens with zero attached hydrogens (tertiary/aromatic N) is 3. The van der Waals surface area contributed by atoms with Gasteiger partial charge in [-0.3, -0.25) is 4.79 Å². The molecule has 1 aliphatic heterocycles. The van der Waals surface area contributed by atoms with Gasteiger partial charge in [-0.25, -0.2) is 4.68 Å². The van der Waals surface area contributed by atoms with E-state index in [1.807, 2.05) is 11.4 Å². The normalized spacial score (nSPS) is 21.2. The Bertz CT molecular complexity index is 540. The summed E-state index contributed by atoms with van der Waals surface area (Å²) in [6, 6.07) is 1.99. The fraction of sp³-hybridized carbons (Fsp3) is 0.444. The van der Waals surface area contributed by atoms with Gasteiger partial charge in [-0.1, -0.05) is 5.21 Å². The molecule has 0 spiro atoms. The Balaban J connectivity index is 2.18. The number of fused-ring (bicyclic) bond motifs is 1. The summed E-state index contributed by atoms with van der Waals surface area (Å²) in [6.07, 6.45) is 0.950. The molecule has 0 bridgehead atoms. The SMILES string of the molecule is O=c1c2sccc2nnn1C1CCNC1. The topological polar surface area (TPSA) is 59.8 Å². The first kappa shape index (κ1) is 8.99. The van der Waals surface area contributed by atoms with E-state index >= 15 is 0 Å². The van der Waals surface area contributed by atoms with E-state index in [9.17, 15) is 4.79 Å². The highest BCUT2D eigenvalue weighted by Gasteiger charge is 2.20. The van der Waals surface area contributed by atoms with E-state index in [4.69, 9.17) is 0 Å². The molecular formula is C9H10N4OS. The molecule has 0 radical (unpaired) electrons. The average Bonchev–Trinajstić information content (AvgIpc) is 2.87. The Kier molecular flexibility index (Phi) is 2.03. The van der Waals surface area contributed by atoms with Crippen molar-refractivity contribution >= 4 is 21.6 Å². The van der Waals surface area contributed by atoms with Crippen molar-refractivity contribution in [2.75, 3.05) is 13.1 Å². The predicted molar refractivity (Wildman–Crippen MR) is 58.2 cm³/mol. The summed E-state index contributed by atoms with van der Waals surface area (Å²) in [4.78, 5) is 12.0. The molecule has 6 heteroatoms. The Labute approximate surface area is 89.7 Å². The molecule has 2 aromatic heterocycles. The highest BCUT2D eigenvalue weighted by molar-refractivity contribution is 7.17. The molecule has 1 N–H and O–H groups in total. The van der Waals surface area contributed by atoms with Crippen molar-refractivity contribution in [1.29, 1.82) is 0 Å². The number of rotatable bonds is 1. The summed E-state index contributed by atoms with van der Waals surface area (Å²) < 4.78 is 2.22. The second kappa shape index (κ2) is 3.39. The molecule has 2 aromatic rings. The summed E-state index contributed by atoms with van der Waals surface area (Å²) in [5.74, 6) is 0. The lowest BCUT2D eigenvalue weighted by Crippen LogP contribution is -2.29. The third-order valence-corrected chi connectivity index (χ3v) is 3.57. The minimum absolute atomic E-state index is 0.0105. The molecule has 3 heterocycles. The van der Waals surface area contributed by atoms with E-state index in [0.29, 0.717) is 10.2 Å². The first-order valence-electron chi connectivity index (χ1n) is 4.89. The van der Waals surface area contributed by atoms with Crippen LogP contribution in [0.25, 0.3) is 10.2 Å². The van der Waals surface area contributed by atoms with Gasteiger partial charge in [-0.05, 0) is 24.4 Å². The van der Waals surface area contributed by atoms with Crippen molar-refractivity contribution in [3.05, 3.63) is 21.8 Å². The van der Waals surface area contributed by atoms with E-state index in [0.717, 1.165) is 19.5 Å². The monoisotopic (exact) mass is 222 g/mol. The highest BCUT2D eigenvalue weighted by atomic mass is 32.1. The van der Waals surface area contributed by atoms with Crippen LogP contribution >= 0.6 is 11.3 Å². The van der Waals surface area contributed by atoms with E-state index in [1.54, 1.807) is 0 Å². The molecule has 5 nitrogen and oxygen atoms in total. The number of hydrogen-bond donors (Lipinski definition) is 1. The molecule has 0 aliphatic carbocycles. The quantitative estimate of drug-likeness (QED) is 0.758. The van der Waals surface area contributed by atoms with Gasteiger partial charge in [-0.2, -0.15) is 0 Å². The van der Waals surface area contributed by atoms with Crippen molar-refractivity contribution < 1.29 is 0 Å². The zero-order valence-electron chi connectivity index (χ0n) is 8.01. The van der Waals surface area contributed by atoms with Crippen molar-refractivity contribution in [3.8, 4) is 0 Å². The van der Waals surface area contributed by atoms with Gasteiger partial charge in [0.15, 0.2) is 0 Å². The molecule has 0 amide bonds. The van der Waals surface area contributed by atoms with Gasteiger partial charge in [-0.15, -0.1) is 16.4 Å². The van der Waals surface area contributed by atoms with E-state index in [1.165, 1.54) is 16.0 Å². The largest absolute Gasteiger partial charge is 0.315 e. The molecule has 1 saturated heterocycles. The van der Waals surface area contributed by atoms with Crippen LogP contribution in [0.5, 0.6) is 0 Å². The molecule has 0 saturated carbocycles. The lowest BCUT2D eigenvalue weighted by atomic mass is 10.3. The Hall–Kier alpha value is -1.27. The Morgan fingerprint density at radius 1 is 1.60 bits per heavy atom. The molecule has 1 unspecified atom stereocenters. The van der Waals surface area contributed by atoms with Gasteiger partial charge in [0.1, 0.15) is 10.2 Å². The van der Waals surface area contributed by atoms with Gasteiger partial charge in [0.2, 0.25) is 0 Å². The standard InChI is InChI=1S/C9H10N4OS/c14-9-8-7(2-4-15-8)11-12-13(9)6-1-3-10-5-6/h2,4,6,10H,1,3,5H2. The lowest BCUT2D eigenvalue weighted by Gasteiger charge is -2.08. The van der Waals surface area contributed by atoms with Gasteiger partial charge in [0.05, 0.1) is 6.04 Å². The summed E-state index contributed by atoms with van der Waals surface area (Å²) in [5.41, 5.74) is 0.691. The van der Waals surface area contributed by atoms with Crippen LogP contribution in [0.1, 0.15) is 12.5 Å². The number of aromatic nitrogens is 3. The van der Waals surface area contributed by atoms with Crippen molar-refractivity contribution in [2.45, 2.75) is 12.5 Å². The van der Waals surface area contributed by atoms with Crippen LogP contribution in [0.3, 0.4) is 0 Å². The van der Waals surface area contributed by atoms with Crippen LogP contribution in [0.4, 0.5) is 0 Å². The highest BCUT2D eigenvalue weighted by Crippen LogP contribution is 2.15. The average molecular weight is 222 g/mol. The van der Waals surface area contributed by atoms with Crippen LogP contribution in [-0.2, 0) is 0 Å². The molecule has 1 atom stereocenters. The van der Waals surface area contributed by atoms with Crippen molar-refractivity contribution in [2.24, 2.45) is 0 Å². The zero-order chi connectivity index (χ0) is 10.3. The maximum atomic E-state index is 12.0. The number of nitrogens with one attached hydrogen (secondary N) is 1. The third-order valence-electron chi connectivity index (χ3n) is 2.68. The minimum Gasteiger partial charge on any atom is -0.315 e. The molecule has 0 aromatic carbocycles. The second-order valence-corrected chi connectivity index (χ2v) is 4.54. The van der Waals surface area contributed by atoms with Crippen LogP contribution in [0.15, 0.2) is 16.2 Å². The first-order valence-corrected chi connectivity index (χ1v) is 5.77. The summed E-state index contributed by atoms with van der Waals surface area (Å²) in [5, 5.41) is 13.1. The smallest absolute Gasteiger partial charge is 0.288 e. The number of hydrogen-bond acceptors (Lipinski definition) is 5. The number of thiophene rings is 1.